The number of carboxylic acids is 1. The second-order valence-corrected chi connectivity index (χ2v) is 5.12. The van der Waals surface area contributed by atoms with Crippen LogP contribution in [0, 0.1) is 0 Å². The molecule has 0 aliphatic heterocycles. The molecular formula is C14H14BrN3O2. The van der Waals surface area contributed by atoms with Gasteiger partial charge in [-0.25, -0.2) is 14.8 Å². The van der Waals surface area contributed by atoms with Crippen LogP contribution in [0.3, 0.4) is 0 Å². The van der Waals surface area contributed by atoms with Gasteiger partial charge in [0, 0.05) is 21.9 Å². The third-order valence-corrected chi connectivity index (χ3v) is 3.39. The number of benzene rings is 1. The SMILES string of the molecule is CCCc1cc(Nc2ccc(Br)c(C(=O)O)c2)ncn1. The van der Waals surface area contributed by atoms with Gasteiger partial charge in [-0.2, -0.15) is 0 Å². The number of carboxylic acid groups (broad SMARTS) is 1. The molecule has 20 heavy (non-hydrogen) atoms. The summed E-state index contributed by atoms with van der Waals surface area (Å²) in [5.74, 6) is -0.322. The Kier molecular flexibility index (Phi) is 4.68. The van der Waals surface area contributed by atoms with E-state index in [0.717, 1.165) is 18.5 Å². The zero-order valence-corrected chi connectivity index (χ0v) is 12.5. The lowest BCUT2D eigenvalue weighted by atomic mass is 10.2. The largest absolute Gasteiger partial charge is 0.478 e. The molecule has 2 aromatic rings. The summed E-state index contributed by atoms with van der Waals surface area (Å²) >= 11 is 3.21. The Morgan fingerprint density at radius 1 is 1.35 bits per heavy atom. The van der Waals surface area contributed by atoms with Crippen molar-refractivity contribution < 1.29 is 9.90 Å². The molecule has 0 spiro atoms. The highest BCUT2D eigenvalue weighted by Gasteiger charge is 2.09. The van der Waals surface area contributed by atoms with E-state index in [1.807, 2.05) is 6.07 Å². The van der Waals surface area contributed by atoms with Gasteiger partial charge in [0.2, 0.25) is 0 Å². The Balaban J connectivity index is 2.23. The lowest BCUT2D eigenvalue weighted by Crippen LogP contribution is -2.01. The number of aryl methyl sites for hydroxylation is 1. The van der Waals surface area contributed by atoms with Crippen molar-refractivity contribution in [1.29, 1.82) is 0 Å². The molecule has 0 aliphatic carbocycles. The number of aromatic carboxylic acids is 1. The lowest BCUT2D eigenvalue weighted by molar-refractivity contribution is 0.0696. The van der Waals surface area contributed by atoms with E-state index in [0.29, 0.717) is 16.0 Å². The summed E-state index contributed by atoms with van der Waals surface area (Å²) in [6.45, 7) is 2.09. The van der Waals surface area contributed by atoms with Crippen LogP contribution in [0.2, 0.25) is 0 Å². The van der Waals surface area contributed by atoms with Gasteiger partial charge >= 0.3 is 5.97 Å². The molecule has 0 amide bonds. The maximum Gasteiger partial charge on any atom is 0.336 e. The van der Waals surface area contributed by atoms with Gasteiger partial charge < -0.3 is 10.4 Å². The Hall–Kier alpha value is -1.95. The molecule has 0 radical (unpaired) electrons. The topological polar surface area (TPSA) is 75.1 Å². The van der Waals surface area contributed by atoms with Gasteiger partial charge in [-0.1, -0.05) is 13.3 Å². The number of nitrogens with one attached hydrogen (secondary N) is 1. The normalized spacial score (nSPS) is 10.3. The first-order valence-corrected chi connectivity index (χ1v) is 7.00. The van der Waals surface area contributed by atoms with Crippen molar-refractivity contribution in [3.8, 4) is 0 Å². The van der Waals surface area contributed by atoms with E-state index >= 15 is 0 Å². The first kappa shape index (κ1) is 14.5. The molecule has 0 bridgehead atoms. The zero-order valence-electron chi connectivity index (χ0n) is 10.9. The van der Waals surface area contributed by atoms with Gasteiger partial charge in [0.15, 0.2) is 0 Å². The molecule has 0 atom stereocenters. The molecule has 2 rings (SSSR count). The highest BCUT2D eigenvalue weighted by Crippen LogP contribution is 2.23. The number of rotatable bonds is 5. The van der Waals surface area contributed by atoms with Gasteiger partial charge in [-0.05, 0) is 40.5 Å². The van der Waals surface area contributed by atoms with Crippen LogP contribution in [0.5, 0.6) is 0 Å². The number of hydrogen-bond donors (Lipinski definition) is 2. The molecule has 1 aromatic heterocycles. The van der Waals surface area contributed by atoms with E-state index in [9.17, 15) is 4.79 Å². The fraction of sp³-hybridized carbons (Fsp3) is 0.214. The number of nitrogens with zero attached hydrogens (tertiary/aromatic N) is 2. The van der Waals surface area contributed by atoms with Crippen LogP contribution in [0.15, 0.2) is 35.1 Å². The van der Waals surface area contributed by atoms with Crippen LogP contribution in [0.25, 0.3) is 0 Å². The minimum atomic E-state index is -0.977. The Morgan fingerprint density at radius 3 is 2.85 bits per heavy atom. The van der Waals surface area contributed by atoms with Gasteiger partial charge in [0.1, 0.15) is 12.1 Å². The Bertz CT molecular complexity index is 632. The second kappa shape index (κ2) is 6.47. The van der Waals surface area contributed by atoms with Crippen molar-refractivity contribution in [1.82, 2.24) is 9.97 Å². The summed E-state index contributed by atoms with van der Waals surface area (Å²) < 4.78 is 0.546. The van der Waals surface area contributed by atoms with Crippen LogP contribution in [0.1, 0.15) is 29.4 Å². The molecule has 0 saturated carbocycles. The summed E-state index contributed by atoms with van der Waals surface area (Å²) in [6.07, 6.45) is 3.40. The highest BCUT2D eigenvalue weighted by atomic mass is 79.9. The maximum atomic E-state index is 11.1. The van der Waals surface area contributed by atoms with Crippen LogP contribution in [-0.4, -0.2) is 21.0 Å². The fourth-order valence-electron chi connectivity index (χ4n) is 1.77. The monoisotopic (exact) mass is 335 g/mol. The van der Waals surface area contributed by atoms with Gasteiger partial charge in [0.25, 0.3) is 0 Å². The van der Waals surface area contributed by atoms with Gasteiger partial charge in [-0.15, -0.1) is 0 Å². The van der Waals surface area contributed by atoms with Crippen LogP contribution in [0.4, 0.5) is 11.5 Å². The predicted octanol–water partition coefficient (Wildman–Crippen LogP) is 3.63. The van der Waals surface area contributed by atoms with Crippen molar-refractivity contribution in [2.45, 2.75) is 19.8 Å². The summed E-state index contributed by atoms with van der Waals surface area (Å²) in [4.78, 5) is 19.4. The number of hydrogen-bond acceptors (Lipinski definition) is 4. The molecule has 0 fully saturated rings. The first-order valence-electron chi connectivity index (χ1n) is 6.21. The molecule has 104 valence electrons. The second-order valence-electron chi connectivity index (χ2n) is 4.27. The van der Waals surface area contributed by atoms with E-state index < -0.39 is 5.97 Å². The molecule has 1 aromatic carbocycles. The molecular weight excluding hydrogens is 322 g/mol. The summed E-state index contributed by atoms with van der Waals surface area (Å²) in [7, 11) is 0. The summed E-state index contributed by atoms with van der Waals surface area (Å²) in [6, 6.07) is 6.91. The summed E-state index contributed by atoms with van der Waals surface area (Å²) in [5, 5.41) is 12.2. The van der Waals surface area contributed by atoms with E-state index in [1.54, 1.807) is 18.2 Å². The van der Waals surface area contributed by atoms with Crippen molar-refractivity contribution in [3.05, 3.63) is 46.3 Å². The number of anilines is 2. The highest BCUT2D eigenvalue weighted by molar-refractivity contribution is 9.10. The van der Waals surface area contributed by atoms with Crippen molar-refractivity contribution in [2.75, 3.05) is 5.32 Å². The van der Waals surface area contributed by atoms with E-state index in [-0.39, 0.29) is 5.56 Å². The standard InChI is InChI=1S/C14H14BrN3O2/c1-2-3-9-7-13(17-8-16-9)18-10-4-5-12(15)11(6-10)14(19)20/h4-8H,2-3H2,1H3,(H,19,20)(H,16,17,18). The van der Waals surface area contributed by atoms with E-state index in [2.05, 4.69) is 38.1 Å². The minimum absolute atomic E-state index is 0.206. The lowest BCUT2D eigenvalue weighted by Gasteiger charge is -2.08. The smallest absolute Gasteiger partial charge is 0.336 e. The zero-order chi connectivity index (χ0) is 14.5. The number of aromatic nitrogens is 2. The number of halogens is 1. The quantitative estimate of drug-likeness (QED) is 0.872. The summed E-state index contributed by atoms with van der Waals surface area (Å²) in [5.41, 5.74) is 1.84. The van der Waals surface area contributed by atoms with Crippen LogP contribution >= 0.6 is 15.9 Å². The van der Waals surface area contributed by atoms with E-state index in [1.165, 1.54) is 6.33 Å². The maximum absolute atomic E-state index is 11.1. The first-order chi connectivity index (χ1) is 9.60. The third-order valence-electron chi connectivity index (χ3n) is 2.70. The molecule has 0 aliphatic rings. The van der Waals surface area contributed by atoms with Crippen molar-refractivity contribution >= 4 is 33.4 Å². The molecule has 0 saturated heterocycles. The van der Waals surface area contributed by atoms with Crippen molar-refractivity contribution in [2.24, 2.45) is 0 Å². The van der Waals surface area contributed by atoms with Gasteiger partial charge in [0.05, 0.1) is 5.56 Å². The average Bonchev–Trinajstić information content (AvgIpc) is 2.41. The van der Waals surface area contributed by atoms with Crippen molar-refractivity contribution in [3.63, 3.8) is 0 Å². The average molecular weight is 336 g/mol. The molecule has 2 N–H and O–H groups in total. The third kappa shape index (κ3) is 3.54. The fourth-order valence-corrected chi connectivity index (χ4v) is 2.19. The number of carbonyl (C=O) groups is 1. The van der Waals surface area contributed by atoms with E-state index in [4.69, 9.17) is 5.11 Å². The Morgan fingerprint density at radius 2 is 2.15 bits per heavy atom. The molecule has 0 unspecified atom stereocenters. The molecule has 1 heterocycles. The predicted molar refractivity (Wildman–Crippen MR) is 80.4 cm³/mol. The van der Waals surface area contributed by atoms with Crippen LogP contribution in [-0.2, 0) is 6.42 Å². The molecule has 5 nitrogen and oxygen atoms in total. The minimum Gasteiger partial charge on any atom is -0.478 e. The van der Waals surface area contributed by atoms with Gasteiger partial charge in [-0.3, -0.25) is 0 Å². The van der Waals surface area contributed by atoms with Crippen LogP contribution < -0.4 is 5.32 Å². The Labute approximate surface area is 125 Å². The molecule has 6 heteroatoms.